The van der Waals surface area contributed by atoms with Crippen molar-refractivity contribution >= 4 is 33.1 Å². The van der Waals surface area contributed by atoms with Gasteiger partial charge in [-0.25, -0.2) is 8.42 Å². The van der Waals surface area contributed by atoms with Crippen LogP contribution < -0.4 is 0 Å². The minimum absolute atomic E-state index is 0.380. The van der Waals surface area contributed by atoms with E-state index in [1.807, 2.05) is 36.0 Å². The van der Waals surface area contributed by atoms with E-state index in [0.717, 1.165) is 23.5 Å². The lowest BCUT2D eigenvalue weighted by molar-refractivity contribution is 0.429. The van der Waals surface area contributed by atoms with E-state index < -0.39 is 10.0 Å². The second-order valence-corrected chi connectivity index (χ2v) is 10.2. The molecule has 0 radical (unpaired) electrons. The summed E-state index contributed by atoms with van der Waals surface area (Å²) >= 11 is 3.26. The van der Waals surface area contributed by atoms with Gasteiger partial charge in [0.25, 0.3) is 10.0 Å². The molecule has 1 aromatic heterocycles. The number of benzene rings is 1. The first-order valence-electron chi connectivity index (χ1n) is 7.86. The number of sulfonamides is 1. The van der Waals surface area contributed by atoms with E-state index in [4.69, 9.17) is 0 Å². The standard InChI is InChI=1S/C17H21NO2S3/c1-2-15-8-9-17(22-15)23(19,20)18-11-10-16(21-13-12-18)14-6-4-3-5-7-14/h3-9,16H,2,10-13H2,1H3. The monoisotopic (exact) mass is 367 g/mol. The highest BCUT2D eigenvalue weighted by Gasteiger charge is 2.29. The molecule has 124 valence electrons. The SMILES string of the molecule is CCc1ccc(S(=O)(=O)N2CCSC(c3ccccc3)CC2)s1. The maximum atomic E-state index is 12.8. The maximum Gasteiger partial charge on any atom is 0.252 e. The van der Waals surface area contributed by atoms with Crippen LogP contribution in [0.1, 0.15) is 29.0 Å². The Bertz CT molecular complexity index is 740. The summed E-state index contributed by atoms with van der Waals surface area (Å²) in [5.74, 6) is 0.838. The number of thioether (sulfide) groups is 1. The molecule has 0 amide bonds. The van der Waals surface area contributed by atoms with Crippen molar-refractivity contribution in [2.24, 2.45) is 0 Å². The molecular weight excluding hydrogens is 346 g/mol. The van der Waals surface area contributed by atoms with Gasteiger partial charge in [0.15, 0.2) is 0 Å². The van der Waals surface area contributed by atoms with Crippen molar-refractivity contribution in [3.8, 4) is 0 Å². The molecular formula is C17H21NO2S3. The van der Waals surface area contributed by atoms with Crippen LogP contribution in [0.4, 0.5) is 0 Å². The van der Waals surface area contributed by atoms with Crippen molar-refractivity contribution < 1.29 is 8.42 Å². The second kappa shape index (κ2) is 7.38. The minimum Gasteiger partial charge on any atom is -0.206 e. The van der Waals surface area contributed by atoms with Gasteiger partial charge in [0.05, 0.1) is 0 Å². The smallest absolute Gasteiger partial charge is 0.206 e. The van der Waals surface area contributed by atoms with E-state index in [-0.39, 0.29) is 0 Å². The molecule has 1 atom stereocenters. The van der Waals surface area contributed by atoms with Crippen LogP contribution >= 0.6 is 23.1 Å². The van der Waals surface area contributed by atoms with Gasteiger partial charge in [0.2, 0.25) is 0 Å². The lowest BCUT2D eigenvalue weighted by Crippen LogP contribution is -2.32. The van der Waals surface area contributed by atoms with Crippen LogP contribution in [0, 0.1) is 0 Å². The molecule has 1 unspecified atom stereocenters. The van der Waals surface area contributed by atoms with E-state index in [1.165, 1.54) is 16.9 Å². The molecule has 0 bridgehead atoms. The summed E-state index contributed by atoms with van der Waals surface area (Å²) in [6.07, 6.45) is 1.74. The number of rotatable bonds is 4. The molecule has 0 aliphatic carbocycles. The third-order valence-corrected chi connectivity index (χ3v) is 8.98. The molecule has 6 heteroatoms. The van der Waals surface area contributed by atoms with Gasteiger partial charge >= 0.3 is 0 Å². The average Bonchev–Trinajstić information content (AvgIpc) is 2.93. The zero-order chi connectivity index (χ0) is 16.3. The van der Waals surface area contributed by atoms with Crippen LogP contribution in [0.15, 0.2) is 46.7 Å². The summed E-state index contributed by atoms with van der Waals surface area (Å²) in [4.78, 5) is 1.12. The summed E-state index contributed by atoms with van der Waals surface area (Å²) in [6.45, 7) is 3.24. The van der Waals surface area contributed by atoms with Crippen molar-refractivity contribution in [3.05, 3.63) is 52.9 Å². The van der Waals surface area contributed by atoms with Gasteiger partial charge in [-0.15, -0.1) is 11.3 Å². The summed E-state index contributed by atoms with van der Waals surface area (Å²) in [6, 6.07) is 14.1. The predicted molar refractivity (Wildman–Crippen MR) is 98.7 cm³/mol. The molecule has 1 aromatic carbocycles. The molecule has 3 nitrogen and oxygen atoms in total. The van der Waals surface area contributed by atoms with E-state index in [2.05, 4.69) is 19.1 Å². The Morgan fingerprint density at radius 2 is 1.91 bits per heavy atom. The average molecular weight is 368 g/mol. The predicted octanol–water partition coefficient (Wildman–Crippen LogP) is 4.18. The van der Waals surface area contributed by atoms with Gasteiger partial charge < -0.3 is 0 Å². The fraction of sp³-hybridized carbons (Fsp3) is 0.412. The van der Waals surface area contributed by atoms with Crippen LogP contribution in [0.3, 0.4) is 0 Å². The third kappa shape index (κ3) is 3.82. The Hall–Kier alpha value is -0.820. The molecule has 1 aliphatic heterocycles. The molecule has 0 N–H and O–H groups in total. The number of hydrogen-bond acceptors (Lipinski definition) is 4. The van der Waals surface area contributed by atoms with E-state index in [9.17, 15) is 8.42 Å². The van der Waals surface area contributed by atoms with E-state index >= 15 is 0 Å². The molecule has 0 saturated carbocycles. The van der Waals surface area contributed by atoms with Crippen LogP contribution in [-0.2, 0) is 16.4 Å². The van der Waals surface area contributed by atoms with Crippen molar-refractivity contribution in [2.45, 2.75) is 29.2 Å². The van der Waals surface area contributed by atoms with Crippen molar-refractivity contribution in [2.75, 3.05) is 18.8 Å². The number of thiophene rings is 1. The van der Waals surface area contributed by atoms with Gasteiger partial charge in [0, 0.05) is 29.0 Å². The molecule has 0 spiro atoms. The molecule has 23 heavy (non-hydrogen) atoms. The van der Waals surface area contributed by atoms with Crippen molar-refractivity contribution in [3.63, 3.8) is 0 Å². The largest absolute Gasteiger partial charge is 0.252 e. The normalized spacial score (nSPS) is 20.3. The summed E-state index contributed by atoms with van der Waals surface area (Å²) in [5.41, 5.74) is 1.29. The minimum atomic E-state index is -3.34. The molecule has 1 saturated heterocycles. The van der Waals surface area contributed by atoms with Crippen LogP contribution in [0.25, 0.3) is 0 Å². The molecule has 1 fully saturated rings. The highest BCUT2D eigenvalue weighted by Crippen LogP contribution is 2.36. The lowest BCUT2D eigenvalue weighted by Gasteiger charge is -2.19. The number of aryl methyl sites for hydroxylation is 1. The number of nitrogens with zero attached hydrogens (tertiary/aromatic N) is 1. The van der Waals surface area contributed by atoms with E-state index in [1.54, 1.807) is 10.4 Å². The maximum absolute atomic E-state index is 12.8. The quantitative estimate of drug-likeness (QED) is 0.813. The Morgan fingerprint density at radius 3 is 2.61 bits per heavy atom. The number of hydrogen-bond donors (Lipinski definition) is 0. The Morgan fingerprint density at radius 1 is 1.13 bits per heavy atom. The fourth-order valence-corrected chi connectivity index (χ4v) is 6.99. The summed E-state index contributed by atoms with van der Waals surface area (Å²) in [7, 11) is -3.34. The first-order chi connectivity index (χ1) is 11.1. The van der Waals surface area contributed by atoms with Crippen LogP contribution in [0.2, 0.25) is 0 Å². The summed E-state index contributed by atoms with van der Waals surface area (Å²) < 4.78 is 27.8. The molecule has 2 aromatic rings. The highest BCUT2D eigenvalue weighted by atomic mass is 32.2. The van der Waals surface area contributed by atoms with E-state index in [0.29, 0.717) is 22.5 Å². The fourth-order valence-electron chi connectivity index (χ4n) is 2.74. The second-order valence-electron chi connectivity index (χ2n) is 5.54. The van der Waals surface area contributed by atoms with Gasteiger partial charge in [-0.1, -0.05) is 37.3 Å². The van der Waals surface area contributed by atoms with Gasteiger partial charge in [-0.3, -0.25) is 0 Å². The van der Waals surface area contributed by atoms with Crippen LogP contribution in [-0.4, -0.2) is 31.6 Å². The Balaban J connectivity index is 1.74. The Labute approximate surface area is 146 Å². The zero-order valence-electron chi connectivity index (χ0n) is 13.1. The van der Waals surface area contributed by atoms with Crippen molar-refractivity contribution in [1.82, 2.24) is 4.31 Å². The highest BCUT2D eigenvalue weighted by molar-refractivity contribution is 7.99. The first-order valence-corrected chi connectivity index (χ1v) is 11.2. The molecule has 1 aliphatic rings. The van der Waals surface area contributed by atoms with Crippen LogP contribution in [0.5, 0.6) is 0 Å². The first kappa shape index (κ1) is 17.0. The lowest BCUT2D eigenvalue weighted by atomic mass is 10.1. The Kier molecular flexibility index (Phi) is 5.46. The van der Waals surface area contributed by atoms with Gasteiger partial charge in [-0.2, -0.15) is 16.1 Å². The van der Waals surface area contributed by atoms with Crippen molar-refractivity contribution in [1.29, 1.82) is 0 Å². The topological polar surface area (TPSA) is 37.4 Å². The van der Waals surface area contributed by atoms with Gasteiger partial charge in [-0.05, 0) is 30.5 Å². The zero-order valence-corrected chi connectivity index (χ0v) is 15.6. The summed E-state index contributed by atoms with van der Waals surface area (Å²) in [5, 5.41) is 0.380. The third-order valence-electron chi connectivity index (χ3n) is 4.05. The van der Waals surface area contributed by atoms with Gasteiger partial charge in [0.1, 0.15) is 4.21 Å². The molecule has 2 heterocycles. The molecule has 3 rings (SSSR count).